The van der Waals surface area contributed by atoms with E-state index in [1.165, 1.54) is 6.42 Å². The average Bonchev–Trinajstić information content (AvgIpc) is 2.75. The van der Waals surface area contributed by atoms with Crippen LogP contribution in [0.3, 0.4) is 0 Å². The van der Waals surface area contributed by atoms with Gasteiger partial charge in [-0.15, -0.1) is 0 Å². The van der Waals surface area contributed by atoms with Crippen LogP contribution in [-0.2, 0) is 4.74 Å². The van der Waals surface area contributed by atoms with Gasteiger partial charge < -0.3 is 4.74 Å². The Balaban J connectivity index is 2.29. The van der Waals surface area contributed by atoms with Crippen LogP contribution in [-0.4, -0.2) is 18.0 Å². The molecule has 0 aromatic carbocycles. The summed E-state index contributed by atoms with van der Waals surface area (Å²) in [6, 6.07) is 0. The molecule has 2 atom stereocenters. The Hall–Kier alpha value is -0.190. The second kappa shape index (κ2) is 5.85. The van der Waals surface area contributed by atoms with Crippen LogP contribution < -0.4 is 0 Å². The normalized spacial score (nSPS) is 28.3. The zero-order valence-electron chi connectivity index (χ0n) is 10.9. The van der Waals surface area contributed by atoms with E-state index in [0.717, 1.165) is 29.3 Å². The maximum absolute atomic E-state index is 12.8. The maximum atomic E-state index is 12.8. The molecule has 0 N–H and O–H groups in total. The highest BCUT2D eigenvalue weighted by molar-refractivity contribution is 9.10. The van der Waals surface area contributed by atoms with Crippen LogP contribution in [0.5, 0.6) is 0 Å². The lowest BCUT2D eigenvalue weighted by atomic mass is 9.75. The van der Waals surface area contributed by atoms with Gasteiger partial charge in [0.15, 0.2) is 5.78 Å². The molecule has 100 valence electrons. The van der Waals surface area contributed by atoms with Crippen molar-refractivity contribution in [3.05, 3.63) is 20.8 Å². The van der Waals surface area contributed by atoms with Gasteiger partial charge >= 0.3 is 0 Å². The van der Waals surface area contributed by atoms with Crippen LogP contribution in [0.25, 0.3) is 0 Å². The Kier molecular flexibility index (Phi) is 4.62. The van der Waals surface area contributed by atoms with E-state index in [2.05, 4.69) is 22.9 Å². The van der Waals surface area contributed by atoms with Crippen LogP contribution >= 0.6 is 27.3 Å². The van der Waals surface area contributed by atoms with Crippen molar-refractivity contribution in [2.45, 2.75) is 45.1 Å². The minimum absolute atomic E-state index is 0.157. The summed E-state index contributed by atoms with van der Waals surface area (Å²) in [5, 5.41) is 3.88. The molecule has 0 radical (unpaired) electrons. The predicted octanol–water partition coefficient (Wildman–Crippen LogP) is 4.68. The second-order valence-corrected chi connectivity index (χ2v) is 6.69. The summed E-state index contributed by atoms with van der Waals surface area (Å²) in [6.07, 6.45) is 3.98. The van der Waals surface area contributed by atoms with Gasteiger partial charge in [0.25, 0.3) is 0 Å². The number of ether oxygens (including phenoxy) is 1. The van der Waals surface area contributed by atoms with Gasteiger partial charge in [-0.1, -0.05) is 13.3 Å². The molecule has 0 bridgehead atoms. The van der Waals surface area contributed by atoms with Crippen LogP contribution in [0.1, 0.15) is 49.9 Å². The summed E-state index contributed by atoms with van der Waals surface area (Å²) in [6.45, 7) is 4.78. The molecule has 1 aromatic rings. The number of hydrogen-bond acceptors (Lipinski definition) is 3. The number of rotatable bonds is 4. The van der Waals surface area contributed by atoms with Crippen LogP contribution in [0.2, 0.25) is 0 Å². The number of carbonyl (C=O) groups excluding carboxylic acids is 1. The molecule has 1 aliphatic rings. The van der Waals surface area contributed by atoms with Gasteiger partial charge in [-0.2, -0.15) is 11.3 Å². The van der Waals surface area contributed by atoms with Crippen LogP contribution in [0, 0.1) is 5.92 Å². The van der Waals surface area contributed by atoms with Crippen LogP contribution in [0.4, 0.5) is 0 Å². The first-order valence-corrected chi connectivity index (χ1v) is 8.23. The molecule has 1 saturated carbocycles. The topological polar surface area (TPSA) is 26.3 Å². The molecule has 18 heavy (non-hydrogen) atoms. The van der Waals surface area contributed by atoms with E-state index in [-0.39, 0.29) is 5.78 Å². The van der Waals surface area contributed by atoms with E-state index < -0.39 is 5.60 Å². The zero-order chi connectivity index (χ0) is 13.2. The largest absolute Gasteiger partial charge is 0.367 e. The highest BCUT2D eigenvalue weighted by atomic mass is 79.9. The van der Waals surface area contributed by atoms with E-state index in [4.69, 9.17) is 4.74 Å². The summed E-state index contributed by atoms with van der Waals surface area (Å²) in [7, 11) is 0. The smallest absolute Gasteiger partial charge is 0.196 e. The Morgan fingerprint density at radius 2 is 2.39 bits per heavy atom. The third kappa shape index (κ3) is 2.70. The van der Waals surface area contributed by atoms with Gasteiger partial charge in [-0.3, -0.25) is 4.79 Å². The Morgan fingerprint density at radius 3 is 2.94 bits per heavy atom. The molecule has 4 heteroatoms. The van der Waals surface area contributed by atoms with E-state index in [9.17, 15) is 4.79 Å². The number of hydrogen-bond donors (Lipinski definition) is 0. The lowest BCUT2D eigenvalue weighted by molar-refractivity contribution is -0.0511. The van der Waals surface area contributed by atoms with E-state index in [1.54, 1.807) is 11.3 Å². The lowest BCUT2D eigenvalue weighted by Gasteiger charge is -2.38. The molecule has 1 aliphatic carbocycles. The molecule has 0 amide bonds. The molecular weight excluding hydrogens is 312 g/mol. The monoisotopic (exact) mass is 330 g/mol. The minimum Gasteiger partial charge on any atom is -0.367 e. The van der Waals surface area contributed by atoms with Gasteiger partial charge in [0.1, 0.15) is 5.60 Å². The number of thiophene rings is 1. The van der Waals surface area contributed by atoms with Gasteiger partial charge in [-0.25, -0.2) is 0 Å². The predicted molar refractivity (Wildman–Crippen MR) is 78.3 cm³/mol. The number of Topliss-reactive ketones (excluding diaryl/α,β-unsaturated/α-hetero) is 1. The zero-order valence-corrected chi connectivity index (χ0v) is 13.3. The van der Waals surface area contributed by atoms with Crippen molar-refractivity contribution in [3.63, 3.8) is 0 Å². The number of halogens is 1. The highest BCUT2D eigenvalue weighted by Crippen LogP contribution is 2.39. The minimum atomic E-state index is -0.587. The highest BCUT2D eigenvalue weighted by Gasteiger charge is 2.43. The molecule has 1 aromatic heterocycles. The van der Waals surface area contributed by atoms with Gasteiger partial charge in [0, 0.05) is 27.4 Å². The first-order chi connectivity index (χ1) is 8.59. The third-order valence-corrected chi connectivity index (χ3v) is 5.35. The summed E-state index contributed by atoms with van der Waals surface area (Å²) >= 11 is 5.01. The SMILES string of the molecule is CCOC1(C(=O)c2cscc2Br)CCCC(C)C1. The van der Waals surface area contributed by atoms with Crippen molar-refractivity contribution < 1.29 is 9.53 Å². The molecule has 0 aliphatic heterocycles. The summed E-state index contributed by atoms with van der Waals surface area (Å²) in [5.41, 5.74) is 0.193. The molecule has 0 spiro atoms. The van der Waals surface area contributed by atoms with Crippen molar-refractivity contribution in [1.82, 2.24) is 0 Å². The molecule has 2 unspecified atom stereocenters. The van der Waals surface area contributed by atoms with Gasteiger partial charge in [0.05, 0.1) is 0 Å². The average molecular weight is 331 g/mol. The third-order valence-electron chi connectivity index (χ3n) is 3.65. The quantitative estimate of drug-likeness (QED) is 0.749. The molecule has 2 nitrogen and oxygen atoms in total. The fraction of sp³-hybridized carbons (Fsp3) is 0.643. The molecular formula is C14H19BrO2S. The lowest BCUT2D eigenvalue weighted by Crippen LogP contribution is -2.45. The molecule has 1 fully saturated rings. The fourth-order valence-corrected chi connectivity index (χ4v) is 4.33. The molecule has 1 heterocycles. The first kappa shape index (κ1) is 14.2. The Bertz CT molecular complexity index is 425. The summed E-state index contributed by atoms with van der Waals surface area (Å²) in [4.78, 5) is 12.8. The van der Waals surface area contributed by atoms with Crippen molar-refractivity contribution in [1.29, 1.82) is 0 Å². The summed E-state index contributed by atoms with van der Waals surface area (Å²) < 4.78 is 6.81. The Morgan fingerprint density at radius 1 is 1.61 bits per heavy atom. The van der Waals surface area contributed by atoms with Gasteiger partial charge in [0.2, 0.25) is 0 Å². The first-order valence-electron chi connectivity index (χ1n) is 6.49. The number of ketones is 1. The van der Waals surface area contributed by atoms with Crippen molar-refractivity contribution in [2.24, 2.45) is 5.92 Å². The van der Waals surface area contributed by atoms with Crippen molar-refractivity contribution >= 4 is 33.0 Å². The van der Waals surface area contributed by atoms with Crippen LogP contribution in [0.15, 0.2) is 15.2 Å². The molecule has 2 rings (SSSR count). The standard InChI is InChI=1S/C14H19BrO2S/c1-3-17-14(6-4-5-10(2)7-14)13(16)11-8-18-9-12(11)15/h8-10H,3-7H2,1-2H3. The Labute approximate surface area is 121 Å². The fourth-order valence-electron chi connectivity index (χ4n) is 2.87. The molecule has 0 saturated heterocycles. The number of carbonyl (C=O) groups is 1. The second-order valence-electron chi connectivity index (χ2n) is 5.09. The van der Waals surface area contributed by atoms with Crippen molar-refractivity contribution in [3.8, 4) is 0 Å². The van der Waals surface area contributed by atoms with E-state index >= 15 is 0 Å². The van der Waals surface area contributed by atoms with E-state index in [1.807, 2.05) is 17.7 Å². The summed E-state index contributed by atoms with van der Waals surface area (Å²) in [5.74, 6) is 0.718. The van der Waals surface area contributed by atoms with E-state index in [0.29, 0.717) is 12.5 Å². The van der Waals surface area contributed by atoms with Crippen molar-refractivity contribution in [2.75, 3.05) is 6.61 Å². The van der Waals surface area contributed by atoms with Gasteiger partial charge in [-0.05, 0) is 48.0 Å². The maximum Gasteiger partial charge on any atom is 0.196 e.